The number of hydrogen-bond donors (Lipinski definition) is 1. The molecule has 1 N–H and O–H groups in total. The molecule has 0 spiro atoms. The molecule has 0 saturated carbocycles. The van der Waals surface area contributed by atoms with Crippen molar-refractivity contribution < 1.29 is 14.6 Å². The molecule has 0 unspecified atom stereocenters. The number of carbonyl (C=O) groups is 1. The van der Waals surface area contributed by atoms with Gasteiger partial charge < -0.3 is 9.84 Å². The van der Waals surface area contributed by atoms with Crippen molar-refractivity contribution in [3.05, 3.63) is 41.0 Å². The maximum absolute atomic E-state index is 11.3. The van der Waals surface area contributed by atoms with E-state index in [9.17, 15) is 9.90 Å². The van der Waals surface area contributed by atoms with Gasteiger partial charge in [-0.2, -0.15) is 0 Å². The molecule has 0 aliphatic carbocycles. The smallest absolute Gasteiger partial charge is 0.346 e. The molecular weight excluding hydrogens is 288 g/mol. The molecule has 1 aromatic carbocycles. The number of nitrogens with zero attached hydrogens (tertiary/aromatic N) is 2. The first-order valence-corrected chi connectivity index (χ1v) is 7.05. The van der Waals surface area contributed by atoms with Crippen LogP contribution in [0.25, 0.3) is 21.5 Å². The Labute approximate surface area is 124 Å². The Balaban J connectivity index is 2.29. The molecule has 0 aliphatic heterocycles. The van der Waals surface area contributed by atoms with E-state index in [4.69, 9.17) is 4.74 Å². The van der Waals surface area contributed by atoms with Crippen LogP contribution < -0.4 is 4.74 Å². The van der Waals surface area contributed by atoms with Crippen LogP contribution in [0.5, 0.6) is 5.75 Å². The molecule has 0 bridgehead atoms. The van der Waals surface area contributed by atoms with Crippen LogP contribution in [0.4, 0.5) is 0 Å². The fourth-order valence-corrected chi connectivity index (χ4v) is 3.25. The van der Waals surface area contributed by atoms with Crippen LogP contribution in [0, 0.1) is 6.92 Å². The fourth-order valence-electron chi connectivity index (χ4n) is 2.26. The molecule has 0 atom stereocenters. The van der Waals surface area contributed by atoms with Crippen molar-refractivity contribution >= 4 is 27.5 Å². The summed E-state index contributed by atoms with van der Waals surface area (Å²) in [5.74, 6) is -0.210. The van der Waals surface area contributed by atoms with Gasteiger partial charge in [0.25, 0.3) is 0 Å². The molecule has 2 aromatic heterocycles. The Morgan fingerprint density at radius 2 is 2.14 bits per heavy atom. The predicted octanol–water partition coefficient (Wildman–Crippen LogP) is 3.37. The first-order valence-electron chi connectivity index (χ1n) is 6.23. The van der Waals surface area contributed by atoms with Gasteiger partial charge >= 0.3 is 5.97 Å². The van der Waals surface area contributed by atoms with Crippen molar-refractivity contribution in [2.24, 2.45) is 0 Å². The van der Waals surface area contributed by atoms with E-state index in [2.05, 4.69) is 9.97 Å². The minimum Gasteiger partial charge on any atom is -0.497 e. The number of fused-ring (bicyclic) bond motifs is 1. The lowest BCUT2D eigenvalue weighted by molar-refractivity contribution is 0.0701. The van der Waals surface area contributed by atoms with Gasteiger partial charge in [-0.25, -0.2) is 14.8 Å². The van der Waals surface area contributed by atoms with Crippen LogP contribution in [0.2, 0.25) is 0 Å². The van der Waals surface area contributed by atoms with Gasteiger partial charge in [-0.05, 0) is 24.6 Å². The first-order chi connectivity index (χ1) is 10.1. The van der Waals surface area contributed by atoms with E-state index in [0.717, 1.165) is 22.4 Å². The van der Waals surface area contributed by atoms with Gasteiger partial charge in [0.1, 0.15) is 21.8 Å². The monoisotopic (exact) mass is 300 g/mol. The molecule has 0 aliphatic rings. The molecule has 2 heterocycles. The largest absolute Gasteiger partial charge is 0.497 e. The lowest BCUT2D eigenvalue weighted by atomic mass is 10.1. The molecular formula is C15H12N2O3S. The highest BCUT2D eigenvalue weighted by Gasteiger charge is 2.19. The average molecular weight is 300 g/mol. The van der Waals surface area contributed by atoms with Crippen LogP contribution in [-0.4, -0.2) is 28.2 Å². The highest BCUT2D eigenvalue weighted by atomic mass is 32.1. The van der Waals surface area contributed by atoms with Crippen molar-refractivity contribution in [1.82, 2.24) is 9.97 Å². The standard InChI is InChI=1S/C15H12N2O3S/c1-8-11-12(9-4-3-5-10(6-9)20-2)16-7-17-14(11)21-13(8)15(18)19/h3-7H,1-2H3,(H,18,19). The summed E-state index contributed by atoms with van der Waals surface area (Å²) < 4.78 is 5.23. The lowest BCUT2D eigenvalue weighted by Gasteiger charge is -2.05. The normalized spacial score (nSPS) is 10.8. The SMILES string of the molecule is COc1cccc(-c2ncnc3sc(C(=O)O)c(C)c23)c1. The minimum atomic E-state index is -0.938. The Morgan fingerprint density at radius 3 is 2.86 bits per heavy atom. The number of aromatic carboxylic acids is 1. The number of methoxy groups -OCH3 is 1. The van der Waals surface area contributed by atoms with Crippen LogP contribution >= 0.6 is 11.3 Å². The van der Waals surface area contributed by atoms with E-state index >= 15 is 0 Å². The molecule has 21 heavy (non-hydrogen) atoms. The third kappa shape index (κ3) is 2.23. The van der Waals surface area contributed by atoms with Gasteiger partial charge in [0.2, 0.25) is 0 Å². The molecule has 3 rings (SSSR count). The maximum atomic E-state index is 11.3. The third-order valence-corrected chi connectivity index (χ3v) is 4.45. The van der Waals surface area contributed by atoms with Gasteiger partial charge in [0, 0.05) is 10.9 Å². The maximum Gasteiger partial charge on any atom is 0.346 e. The number of aryl methyl sites for hydroxylation is 1. The van der Waals surface area contributed by atoms with Crippen LogP contribution in [-0.2, 0) is 0 Å². The molecule has 0 fully saturated rings. The quantitative estimate of drug-likeness (QED) is 0.803. The highest BCUT2D eigenvalue weighted by molar-refractivity contribution is 7.20. The van der Waals surface area contributed by atoms with Gasteiger partial charge in [0.05, 0.1) is 12.8 Å². The first kappa shape index (κ1) is 13.5. The summed E-state index contributed by atoms with van der Waals surface area (Å²) in [6.07, 6.45) is 1.46. The third-order valence-electron chi connectivity index (χ3n) is 3.26. The van der Waals surface area contributed by atoms with E-state index in [1.165, 1.54) is 17.7 Å². The number of aromatic nitrogens is 2. The number of carboxylic acids is 1. The van der Waals surface area contributed by atoms with Crippen molar-refractivity contribution in [1.29, 1.82) is 0 Å². The van der Waals surface area contributed by atoms with Crippen molar-refractivity contribution in [2.75, 3.05) is 7.11 Å². The molecule has 6 heteroatoms. The van der Waals surface area contributed by atoms with Gasteiger partial charge in [-0.1, -0.05) is 12.1 Å². The van der Waals surface area contributed by atoms with Crippen LogP contribution in [0.1, 0.15) is 15.2 Å². The summed E-state index contributed by atoms with van der Waals surface area (Å²) in [5.41, 5.74) is 2.29. The van der Waals surface area contributed by atoms with Crippen molar-refractivity contribution in [3.63, 3.8) is 0 Å². The highest BCUT2D eigenvalue weighted by Crippen LogP contribution is 2.36. The van der Waals surface area contributed by atoms with E-state index in [1.807, 2.05) is 24.3 Å². The molecule has 5 nitrogen and oxygen atoms in total. The van der Waals surface area contributed by atoms with E-state index < -0.39 is 5.97 Å². The summed E-state index contributed by atoms with van der Waals surface area (Å²) >= 11 is 1.17. The zero-order valence-electron chi connectivity index (χ0n) is 11.5. The number of carboxylic acid groups (broad SMARTS) is 1. The second-order valence-corrected chi connectivity index (χ2v) is 5.49. The summed E-state index contributed by atoms with van der Waals surface area (Å²) in [7, 11) is 1.60. The fraction of sp³-hybridized carbons (Fsp3) is 0.133. The summed E-state index contributed by atoms with van der Waals surface area (Å²) in [6, 6.07) is 7.52. The Morgan fingerprint density at radius 1 is 1.33 bits per heavy atom. The summed E-state index contributed by atoms with van der Waals surface area (Å²) in [6.45, 7) is 1.79. The molecule has 3 aromatic rings. The zero-order valence-corrected chi connectivity index (χ0v) is 12.3. The second kappa shape index (κ2) is 5.14. The van der Waals surface area contributed by atoms with Crippen LogP contribution in [0.3, 0.4) is 0 Å². The molecule has 0 radical (unpaired) electrons. The van der Waals surface area contributed by atoms with Crippen molar-refractivity contribution in [2.45, 2.75) is 6.92 Å². The zero-order chi connectivity index (χ0) is 15.0. The van der Waals surface area contributed by atoms with Crippen molar-refractivity contribution in [3.8, 4) is 17.0 Å². The van der Waals surface area contributed by atoms with Gasteiger partial charge in [-0.15, -0.1) is 11.3 Å². The molecule has 106 valence electrons. The van der Waals surface area contributed by atoms with Gasteiger partial charge in [-0.3, -0.25) is 0 Å². The lowest BCUT2D eigenvalue weighted by Crippen LogP contribution is -1.94. The summed E-state index contributed by atoms with van der Waals surface area (Å²) in [5, 5.41) is 10.0. The van der Waals surface area contributed by atoms with E-state index in [0.29, 0.717) is 15.3 Å². The number of hydrogen-bond acceptors (Lipinski definition) is 5. The van der Waals surface area contributed by atoms with Crippen LogP contribution in [0.15, 0.2) is 30.6 Å². The number of ether oxygens (including phenoxy) is 1. The molecule has 0 amide bonds. The Hall–Kier alpha value is -2.47. The second-order valence-electron chi connectivity index (χ2n) is 4.50. The Bertz CT molecular complexity index is 842. The summed E-state index contributed by atoms with van der Waals surface area (Å²) in [4.78, 5) is 20.8. The minimum absolute atomic E-state index is 0.301. The number of benzene rings is 1. The number of thiophene rings is 1. The average Bonchev–Trinajstić information content (AvgIpc) is 2.85. The Kier molecular flexibility index (Phi) is 3.31. The number of rotatable bonds is 3. The van der Waals surface area contributed by atoms with E-state index in [-0.39, 0.29) is 0 Å². The topological polar surface area (TPSA) is 72.3 Å². The molecule has 0 saturated heterocycles. The van der Waals surface area contributed by atoms with Gasteiger partial charge in [0.15, 0.2) is 0 Å². The van der Waals surface area contributed by atoms with E-state index in [1.54, 1.807) is 14.0 Å². The predicted molar refractivity (Wildman–Crippen MR) is 81.1 cm³/mol.